The molecule has 0 heterocycles. The van der Waals surface area contributed by atoms with Crippen LogP contribution in [0.5, 0.6) is 11.5 Å². The Kier molecular flexibility index (Phi) is 7.69. The van der Waals surface area contributed by atoms with Crippen molar-refractivity contribution in [3.05, 3.63) is 145 Å². The number of amides is 2. The summed E-state index contributed by atoms with van der Waals surface area (Å²) in [6, 6.07) is 40.0. The number of nitrogens with one attached hydrogen (secondary N) is 2. The zero-order valence-electron chi connectivity index (χ0n) is 21.4. The minimum atomic E-state index is -0.320. The highest BCUT2D eigenvalue weighted by molar-refractivity contribution is 6.10. The molecule has 0 saturated heterocycles. The van der Waals surface area contributed by atoms with E-state index < -0.39 is 0 Å². The van der Waals surface area contributed by atoms with E-state index in [4.69, 9.17) is 0 Å². The number of anilines is 2. The van der Waals surface area contributed by atoms with Crippen LogP contribution in [0.3, 0.4) is 0 Å². The van der Waals surface area contributed by atoms with Gasteiger partial charge in [0, 0.05) is 22.0 Å². The van der Waals surface area contributed by atoms with Gasteiger partial charge >= 0.3 is 0 Å². The standard InChI is InChI=1S/2C17H13NO2/c19-16-14-9-5-4-6-12(14)10-11-15(16)17(20)18-13-7-2-1-3-8-13;19-16-14-9-5-4-6-12(14)10-11-15(16)18-17(20)13-7-2-1-3-8-13/h2*1-11,19H,(H,18,20). The maximum absolute atomic E-state index is 12.2. The van der Waals surface area contributed by atoms with Crippen LogP contribution in [0, 0.1) is 0 Å². The molecule has 6 aromatic rings. The summed E-state index contributed by atoms with van der Waals surface area (Å²) in [6.07, 6.45) is 0. The highest BCUT2D eigenvalue weighted by Gasteiger charge is 2.14. The lowest BCUT2D eigenvalue weighted by molar-refractivity contribution is 0.101. The van der Waals surface area contributed by atoms with Gasteiger partial charge in [0.25, 0.3) is 11.8 Å². The maximum atomic E-state index is 12.2. The number of fused-ring (bicyclic) bond motifs is 2. The molecule has 0 unspecified atom stereocenters. The summed E-state index contributed by atoms with van der Waals surface area (Å²) in [7, 11) is 0. The van der Waals surface area contributed by atoms with Crippen molar-refractivity contribution in [1.29, 1.82) is 0 Å². The maximum Gasteiger partial charge on any atom is 0.259 e. The van der Waals surface area contributed by atoms with E-state index in [1.807, 2.05) is 78.9 Å². The van der Waals surface area contributed by atoms with E-state index in [0.29, 0.717) is 22.3 Å². The Morgan fingerprint density at radius 1 is 0.475 bits per heavy atom. The van der Waals surface area contributed by atoms with Crippen molar-refractivity contribution in [3.8, 4) is 11.5 Å². The molecule has 0 aliphatic heterocycles. The van der Waals surface area contributed by atoms with Gasteiger partial charge in [-0.3, -0.25) is 9.59 Å². The molecule has 4 N–H and O–H groups in total. The third-order valence-corrected chi connectivity index (χ3v) is 6.36. The lowest BCUT2D eigenvalue weighted by atomic mass is 10.0. The highest BCUT2D eigenvalue weighted by atomic mass is 16.3. The first-order valence-electron chi connectivity index (χ1n) is 12.7. The molecule has 0 atom stereocenters. The SMILES string of the molecule is O=C(Nc1ccc2ccccc2c1O)c1ccccc1.O=C(Nc1ccccc1)c1ccc2ccccc2c1O. The van der Waals surface area contributed by atoms with Gasteiger partial charge in [-0.25, -0.2) is 0 Å². The van der Waals surface area contributed by atoms with Crippen LogP contribution in [-0.4, -0.2) is 22.0 Å². The molecule has 6 aromatic carbocycles. The average molecular weight is 527 g/mol. The fourth-order valence-electron chi connectivity index (χ4n) is 4.30. The van der Waals surface area contributed by atoms with Gasteiger partial charge in [0.1, 0.15) is 11.5 Å². The van der Waals surface area contributed by atoms with Crippen LogP contribution in [0.15, 0.2) is 133 Å². The van der Waals surface area contributed by atoms with Gasteiger partial charge in [-0.15, -0.1) is 0 Å². The first kappa shape index (κ1) is 26.0. The van der Waals surface area contributed by atoms with Crippen LogP contribution in [0.1, 0.15) is 20.7 Å². The summed E-state index contributed by atoms with van der Waals surface area (Å²) in [5, 5.41) is 29.2. The molecule has 6 nitrogen and oxygen atoms in total. The molecule has 0 fully saturated rings. The minimum absolute atomic E-state index is 0.0107. The molecule has 2 amide bonds. The largest absolute Gasteiger partial charge is 0.506 e. The second kappa shape index (κ2) is 11.8. The molecular weight excluding hydrogens is 500 g/mol. The molecule has 0 aliphatic rings. The van der Waals surface area contributed by atoms with E-state index in [9.17, 15) is 19.8 Å². The number of rotatable bonds is 4. The van der Waals surface area contributed by atoms with Gasteiger partial charge in [0.15, 0.2) is 0 Å². The molecule has 6 rings (SSSR count). The van der Waals surface area contributed by atoms with E-state index in [2.05, 4.69) is 10.6 Å². The number of para-hydroxylation sites is 1. The number of phenolic OH excluding ortho intramolecular Hbond substituents is 2. The van der Waals surface area contributed by atoms with E-state index in [1.165, 1.54) is 0 Å². The zero-order chi connectivity index (χ0) is 27.9. The predicted octanol–water partition coefficient (Wildman–Crippen LogP) is 7.60. The van der Waals surface area contributed by atoms with E-state index in [1.54, 1.807) is 54.6 Å². The first-order chi connectivity index (χ1) is 19.5. The molecule has 0 bridgehead atoms. The topological polar surface area (TPSA) is 98.7 Å². The third-order valence-electron chi connectivity index (χ3n) is 6.36. The van der Waals surface area contributed by atoms with E-state index in [-0.39, 0.29) is 28.9 Å². The zero-order valence-corrected chi connectivity index (χ0v) is 21.4. The summed E-state index contributed by atoms with van der Waals surface area (Å²) in [6.45, 7) is 0. The molecule has 196 valence electrons. The summed E-state index contributed by atoms with van der Waals surface area (Å²) in [5.41, 5.74) is 1.94. The molecule has 40 heavy (non-hydrogen) atoms. The van der Waals surface area contributed by atoms with Crippen molar-refractivity contribution < 1.29 is 19.8 Å². The Bertz CT molecular complexity index is 1800. The van der Waals surface area contributed by atoms with Crippen molar-refractivity contribution in [1.82, 2.24) is 0 Å². The highest BCUT2D eigenvalue weighted by Crippen LogP contribution is 2.33. The number of hydrogen-bond donors (Lipinski definition) is 4. The van der Waals surface area contributed by atoms with Gasteiger partial charge in [-0.2, -0.15) is 0 Å². The normalized spacial score (nSPS) is 10.4. The van der Waals surface area contributed by atoms with Crippen molar-refractivity contribution in [2.24, 2.45) is 0 Å². The smallest absolute Gasteiger partial charge is 0.259 e. The molecule has 0 spiro atoms. The van der Waals surface area contributed by atoms with Gasteiger partial charge < -0.3 is 20.8 Å². The fraction of sp³-hybridized carbons (Fsp3) is 0. The Morgan fingerprint density at radius 3 is 1.65 bits per heavy atom. The van der Waals surface area contributed by atoms with Gasteiger partial charge in [0.2, 0.25) is 0 Å². The average Bonchev–Trinajstić information content (AvgIpc) is 3.00. The van der Waals surface area contributed by atoms with Gasteiger partial charge in [-0.1, -0.05) is 97.1 Å². The lowest BCUT2D eigenvalue weighted by Gasteiger charge is -2.09. The summed E-state index contributed by atoms with van der Waals surface area (Å²) in [4.78, 5) is 24.3. The number of carbonyl (C=O) groups is 2. The summed E-state index contributed by atoms with van der Waals surface area (Å²) >= 11 is 0. The van der Waals surface area contributed by atoms with Crippen LogP contribution in [0.4, 0.5) is 11.4 Å². The Balaban J connectivity index is 0.000000161. The first-order valence-corrected chi connectivity index (χ1v) is 12.7. The molecular formula is C34H26N2O4. The number of hydrogen-bond acceptors (Lipinski definition) is 4. The van der Waals surface area contributed by atoms with Crippen molar-refractivity contribution >= 4 is 44.7 Å². The van der Waals surface area contributed by atoms with Crippen LogP contribution in [-0.2, 0) is 0 Å². The molecule has 6 heteroatoms. The second-order valence-corrected chi connectivity index (χ2v) is 9.01. The van der Waals surface area contributed by atoms with Crippen molar-refractivity contribution in [2.75, 3.05) is 10.6 Å². The number of benzene rings is 6. The quantitative estimate of drug-likeness (QED) is 0.178. The Hall–Kier alpha value is -5.62. The van der Waals surface area contributed by atoms with E-state index in [0.717, 1.165) is 16.2 Å². The van der Waals surface area contributed by atoms with Gasteiger partial charge in [-0.05, 0) is 47.2 Å². The monoisotopic (exact) mass is 526 g/mol. The number of phenols is 2. The third kappa shape index (κ3) is 5.76. The minimum Gasteiger partial charge on any atom is -0.506 e. The second-order valence-electron chi connectivity index (χ2n) is 9.01. The lowest BCUT2D eigenvalue weighted by Crippen LogP contribution is -2.11. The Labute approximate surface area is 231 Å². The predicted molar refractivity (Wildman–Crippen MR) is 160 cm³/mol. The van der Waals surface area contributed by atoms with Crippen LogP contribution >= 0.6 is 0 Å². The van der Waals surface area contributed by atoms with Crippen molar-refractivity contribution in [3.63, 3.8) is 0 Å². The number of carbonyl (C=O) groups excluding carboxylic acids is 2. The van der Waals surface area contributed by atoms with E-state index >= 15 is 0 Å². The van der Waals surface area contributed by atoms with Crippen molar-refractivity contribution in [2.45, 2.75) is 0 Å². The van der Waals surface area contributed by atoms with Crippen LogP contribution in [0.25, 0.3) is 21.5 Å². The fourth-order valence-corrected chi connectivity index (χ4v) is 4.30. The molecule has 0 aromatic heterocycles. The van der Waals surface area contributed by atoms with Crippen LogP contribution < -0.4 is 10.6 Å². The molecule has 0 radical (unpaired) electrons. The summed E-state index contributed by atoms with van der Waals surface area (Å²) in [5.74, 6) is -0.459. The van der Waals surface area contributed by atoms with Crippen LogP contribution in [0.2, 0.25) is 0 Å². The number of aromatic hydroxyl groups is 2. The summed E-state index contributed by atoms with van der Waals surface area (Å²) < 4.78 is 0. The Morgan fingerprint density at radius 2 is 1.00 bits per heavy atom. The molecule has 0 saturated carbocycles. The molecule has 0 aliphatic carbocycles. The van der Waals surface area contributed by atoms with Gasteiger partial charge in [0.05, 0.1) is 11.3 Å².